The molecule has 3 nitrogen and oxygen atoms in total. The molecule has 58 heavy (non-hydrogen) atoms. The molecule has 0 amide bonds. The van der Waals surface area contributed by atoms with Crippen LogP contribution in [0.3, 0.4) is 0 Å². The van der Waals surface area contributed by atoms with Crippen LogP contribution in [0, 0.1) is 0 Å². The van der Waals surface area contributed by atoms with Crippen LogP contribution >= 0.6 is 0 Å². The van der Waals surface area contributed by atoms with E-state index in [1.165, 1.54) is 38.6 Å². The van der Waals surface area contributed by atoms with Gasteiger partial charge in [0.15, 0.2) is 0 Å². The Kier molecular flexibility index (Phi) is 8.22. The Morgan fingerprint density at radius 1 is 0.414 bits per heavy atom. The Bertz CT molecular complexity index is 3120. The average Bonchev–Trinajstić information content (AvgIpc) is 3.90. The maximum absolute atomic E-state index is 5.41. The summed E-state index contributed by atoms with van der Waals surface area (Å²) in [6.45, 7) is 0. The van der Waals surface area contributed by atoms with Crippen molar-refractivity contribution in [2.75, 3.05) is 0 Å². The first kappa shape index (κ1) is 33.7. The molecule has 7 aromatic carbocycles. The van der Waals surface area contributed by atoms with E-state index in [-0.39, 0.29) is 6.04 Å². The molecule has 0 bridgehead atoms. The summed E-state index contributed by atoms with van der Waals surface area (Å²) in [5, 5.41) is 2.42. The monoisotopic (exact) mass is 739 g/mol. The number of aromatic nitrogens is 2. The first-order chi connectivity index (χ1) is 28.7. The zero-order valence-electron chi connectivity index (χ0n) is 31.7. The van der Waals surface area contributed by atoms with Crippen molar-refractivity contribution in [3.8, 4) is 45.0 Å². The maximum atomic E-state index is 5.41. The topological polar surface area (TPSA) is 29.7 Å². The molecule has 1 unspecified atom stereocenters. The molecule has 0 radical (unpaired) electrons. The Morgan fingerprint density at radius 3 is 1.69 bits per heavy atom. The summed E-state index contributed by atoms with van der Waals surface area (Å²) in [7, 11) is 0. The minimum absolute atomic E-state index is 0.0412. The lowest BCUT2D eigenvalue weighted by atomic mass is 9.84. The van der Waals surface area contributed by atoms with Gasteiger partial charge >= 0.3 is 0 Å². The molecule has 1 atom stereocenters. The number of aliphatic imine (C=N–C) groups is 1. The highest BCUT2D eigenvalue weighted by Crippen LogP contribution is 2.41. The normalized spacial score (nSPS) is 14.8. The van der Waals surface area contributed by atoms with Gasteiger partial charge in [0.1, 0.15) is 5.82 Å². The minimum Gasteiger partial charge on any atom is -0.293 e. The Balaban J connectivity index is 0.967. The van der Waals surface area contributed by atoms with Crippen molar-refractivity contribution in [3.05, 3.63) is 241 Å². The van der Waals surface area contributed by atoms with Gasteiger partial charge in [-0.1, -0.05) is 188 Å². The number of nitrogens with zero attached hydrogens (tertiary/aromatic N) is 3. The molecular weight excluding hydrogens is 703 g/mol. The molecule has 0 saturated heterocycles. The number of fused-ring (bicyclic) bond motifs is 4. The number of benzene rings is 7. The standard InChI is InChI=1S/C55H37N3/c1-5-16-37(17-6-1)45-33-48(39-18-7-2-8-19-39)49-35-50(56-52(49)34-45)44-25-15-24-43(32-44)38-28-30-40(31-29-38)51-36-53-46-26-13-14-27-47(46)54(41-20-9-3-10-21-41)58(53)55(57-51)42-22-11-4-12-23-42/h1-36,52H. The van der Waals surface area contributed by atoms with Crippen LogP contribution in [0.15, 0.2) is 229 Å². The van der Waals surface area contributed by atoms with E-state index in [1.54, 1.807) is 0 Å². The first-order valence-electron chi connectivity index (χ1n) is 19.9. The third kappa shape index (κ3) is 5.93. The van der Waals surface area contributed by atoms with Crippen LogP contribution in [0.5, 0.6) is 0 Å². The number of allylic oxidation sites excluding steroid dienone is 3. The Labute approximate surface area is 338 Å². The number of rotatable bonds is 7. The molecule has 0 fully saturated rings. The van der Waals surface area contributed by atoms with Crippen molar-refractivity contribution in [1.29, 1.82) is 0 Å². The molecule has 0 spiro atoms. The molecule has 11 rings (SSSR count). The van der Waals surface area contributed by atoms with E-state index < -0.39 is 0 Å². The van der Waals surface area contributed by atoms with Crippen LogP contribution in [0.2, 0.25) is 0 Å². The van der Waals surface area contributed by atoms with Gasteiger partial charge in [0.05, 0.1) is 28.7 Å². The Hall–Kier alpha value is -7.62. The van der Waals surface area contributed by atoms with Crippen molar-refractivity contribution in [2.45, 2.75) is 6.04 Å². The summed E-state index contributed by atoms with van der Waals surface area (Å²) < 4.78 is 2.34. The van der Waals surface area contributed by atoms with E-state index in [9.17, 15) is 0 Å². The molecule has 1 aliphatic heterocycles. The second-order valence-electron chi connectivity index (χ2n) is 14.9. The molecule has 1 aliphatic carbocycles. The zero-order chi connectivity index (χ0) is 38.4. The Morgan fingerprint density at radius 2 is 0.983 bits per heavy atom. The maximum Gasteiger partial charge on any atom is 0.145 e. The van der Waals surface area contributed by atoms with Crippen molar-refractivity contribution in [3.63, 3.8) is 0 Å². The van der Waals surface area contributed by atoms with Gasteiger partial charge in [-0.3, -0.25) is 9.39 Å². The van der Waals surface area contributed by atoms with Crippen LogP contribution < -0.4 is 0 Å². The highest BCUT2D eigenvalue weighted by molar-refractivity contribution is 6.15. The summed E-state index contributed by atoms with van der Waals surface area (Å²) >= 11 is 0. The average molecular weight is 740 g/mol. The fraction of sp³-hybridized carbons (Fsp3) is 0.0182. The van der Waals surface area contributed by atoms with Crippen LogP contribution in [-0.4, -0.2) is 21.1 Å². The predicted octanol–water partition coefficient (Wildman–Crippen LogP) is 13.4. The first-order valence-corrected chi connectivity index (χ1v) is 19.9. The van der Waals surface area contributed by atoms with Gasteiger partial charge in [-0.25, -0.2) is 4.98 Å². The molecule has 3 heterocycles. The van der Waals surface area contributed by atoms with E-state index in [2.05, 4.69) is 223 Å². The third-order valence-electron chi connectivity index (χ3n) is 11.4. The van der Waals surface area contributed by atoms with Gasteiger partial charge in [0.2, 0.25) is 0 Å². The van der Waals surface area contributed by atoms with E-state index in [0.717, 1.165) is 61.8 Å². The van der Waals surface area contributed by atoms with Gasteiger partial charge in [-0.2, -0.15) is 0 Å². The highest BCUT2D eigenvalue weighted by atomic mass is 15.0. The summed E-state index contributed by atoms with van der Waals surface area (Å²) in [5.74, 6) is 0.919. The summed E-state index contributed by atoms with van der Waals surface area (Å²) in [6, 6.07) is 71.0. The fourth-order valence-corrected chi connectivity index (χ4v) is 8.61. The summed E-state index contributed by atoms with van der Waals surface area (Å²) in [4.78, 5) is 10.7. The third-order valence-corrected chi connectivity index (χ3v) is 11.4. The van der Waals surface area contributed by atoms with Crippen molar-refractivity contribution < 1.29 is 0 Å². The molecule has 9 aromatic rings. The zero-order valence-corrected chi connectivity index (χ0v) is 31.7. The largest absolute Gasteiger partial charge is 0.293 e. The van der Waals surface area contributed by atoms with Crippen LogP contribution in [0.25, 0.3) is 72.5 Å². The molecule has 0 saturated carbocycles. The van der Waals surface area contributed by atoms with E-state index in [0.29, 0.717) is 0 Å². The molecular formula is C55H37N3. The van der Waals surface area contributed by atoms with Crippen molar-refractivity contribution in [1.82, 2.24) is 9.38 Å². The van der Waals surface area contributed by atoms with Gasteiger partial charge in [0.25, 0.3) is 0 Å². The molecule has 2 aromatic heterocycles. The SMILES string of the molecule is C1=C(c2ccccc2)C=C(c2ccccc2)C2=CC(c3cccc(-c4ccc(-c5cc6c7ccccc7c(-c7ccccc7)n6c(-c6ccccc6)n5)cc4)c3)=NC12. The highest BCUT2D eigenvalue weighted by Gasteiger charge is 2.28. The summed E-state index contributed by atoms with van der Waals surface area (Å²) in [6.07, 6.45) is 6.90. The quantitative estimate of drug-likeness (QED) is 0.160. The molecule has 0 N–H and O–H groups in total. The van der Waals surface area contributed by atoms with E-state index in [4.69, 9.17) is 9.98 Å². The lowest BCUT2D eigenvalue weighted by Gasteiger charge is -2.21. The van der Waals surface area contributed by atoms with E-state index in [1.807, 2.05) is 0 Å². The molecule has 272 valence electrons. The predicted molar refractivity (Wildman–Crippen MR) is 242 cm³/mol. The lowest BCUT2D eigenvalue weighted by molar-refractivity contribution is 1.01. The summed E-state index contributed by atoms with van der Waals surface area (Å²) in [5.41, 5.74) is 17.0. The lowest BCUT2D eigenvalue weighted by Crippen LogP contribution is -2.09. The van der Waals surface area contributed by atoms with Gasteiger partial charge in [-0.05, 0) is 74.9 Å². The van der Waals surface area contributed by atoms with Crippen molar-refractivity contribution >= 4 is 33.1 Å². The number of hydrogen-bond acceptors (Lipinski definition) is 2. The second-order valence-corrected chi connectivity index (χ2v) is 14.9. The van der Waals surface area contributed by atoms with Gasteiger partial charge < -0.3 is 0 Å². The smallest absolute Gasteiger partial charge is 0.145 e. The van der Waals surface area contributed by atoms with Crippen LogP contribution in [0.4, 0.5) is 0 Å². The van der Waals surface area contributed by atoms with Crippen LogP contribution in [0.1, 0.15) is 16.7 Å². The molecule has 3 heteroatoms. The second kappa shape index (κ2) is 14.1. The van der Waals surface area contributed by atoms with E-state index >= 15 is 0 Å². The van der Waals surface area contributed by atoms with Gasteiger partial charge in [-0.15, -0.1) is 0 Å². The fourth-order valence-electron chi connectivity index (χ4n) is 8.61. The van der Waals surface area contributed by atoms with Gasteiger partial charge in [0, 0.05) is 27.5 Å². The van der Waals surface area contributed by atoms with Crippen molar-refractivity contribution in [2.24, 2.45) is 4.99 Å². The minimum atomic E-state index is -0.0412. The number of hydrogen-bond donors (Lipinski definition) is 0. The molecule has 2 aliphatic rings. The van der Waals surface area contributed by atoms with Crippen LogP contribution in [-0.2, 0) is 0 Å².